The van der Waals surface area contributed by atoms with Gasteiger partial charge in [-0.15, -0.1) is 16.4 Å². The molecule has 0 bridgehead atoms. The number of hydrogen-bond acceptors (Lipinski definition) is 6. The molecule has 2 aromatic heterocycles. The number of carboxylic acid groups (broad SMARTS) is 1. The van der Waals surface area contributed by atoms with Crippen molar-refractivity contribution in [2.24, 2.45) is 0 Å². The first kappa shape index (κ1) is 13.8. The Morgan fingerprint density at radius 2 is 2.14 bits per heavy atom. The number of hydrogen-bond donors (Lipinski definition) is 1. The fourth-order valence-corrected chi connectivity index (χ4v) is 3.33. The molecular weight excluding hydrogens is 306 g/mol. The molecule has 0 aliphatic rings. The minimum Gasteiger partial charge on any atom is -0.481 e. The molecule has 0 saturated heterocycles. The maximum absolute atomic E-state index is 10.8. The molecule has 0 radical (unpaired) electrons. The molecule has 0 amide bonds. The molecule has 0 atom stereocenters. The van der Waals surface area contributed by atoms with Gasteiger partial charge < -0.3 is 5.11 Å². The fraction of sp³-hybridized carbons (Fsp3) is 0.143. The molecule has 0 unspecified atom stereocenters. The average Bonchev–Trinajstić information content (AvgIpc) is 3.11. The van der Waals surface area contributed by atoms with E-state index in [0.29, 0.717) is 6.42 Å². The summed E-state index contributed by atoms with van der Waals surface area (Å²) < 4.78 is 4.91. The van der Waals surface area contributed by atoms with E-state index in [4.69, 9.17) is 5.11 Å². The first-order valence-electron chi connectivity index (χ1n) is 6.28. The zero-order valence-corrected chi connectivity index (χ0v) is 12.5. The lowest BCUT2D eigenvalue weighted by Gasteiger charge is -2.01. The molecule has 1 aromatic carbocycles. The van der Waals surface area contributed by atoms with Gasteiger partial charge in [-0.05, 0) is 41.7 Å². The molecule has 106 valence electrons. The van der Waals surface area contributed by atoms with E-state index in [1.165, 1.54) is 11.5 Å². The van der Waals surface area contributed by atoms with Crippen molar-refractivity contribution >= 4 is 50.7 Å². The monoisotopic (exact) mass is 317 g/mol. The summed E-state index contributed by atoms with van der Waals surface area (Å²) in [5.41, 5.74) is 2.54. The van der Waals surface area contributed by atoms with Crippen LogP contribution in [-0.4, -0.2) is 25.6 Å². The molecule has 5 nitrogen and oxygen atoms in total. The van der Waals surface area contributed by atoms with Crippen molar-refractivity contribution in [1.82, 2.24) is 14.6 Å². The topological polar surface area (TPSA) is 76.0 Å². The Labute approximate surface area is 128 Å². The maximum atomic E-state index is 10.8. The number of fused-ring (bicyclic) bond motifs is 1. The summed E-state index contributed by atoms with van der Waals surface area (Å²) >= 11 is 2.83. The van der Waals surface area contributed by atoms with Crippen LogP contribution in [0.3, 0.4) is 0 Å². The highest BCUT2D eigenvalue weighted by atomic mass is 32.1. The number of carboxylic acids is 1. The van der Waals surface area contributed by atoms with Crippen LogP contribution in [0.4, 0.5) is 0 Å². The number of carbonyl (C=O) groups is 1. The molecule has 0 aliphatic carbocycles. The molecule has 2 heterocycles. The average molecular weight is 317 g/mol. The van der Waals surface area contributed by atoms with E-state index in [9.17, 15) is 4.79 Å². The van der Waals surface area contributed by atoms with Crippen LogP contribution < -0.4 is 0 Å². The summed E-state index contributed by atoms with van der Waals surface area (Å²) in [6, 6.07) is 7.87. The number of para-hydroxylation sites is 1. The first-order chi connectivity index (χ1) is 10.2. The first-order valence-corrected chi connectivity index (χ1v) is 7.93. The van der Waals surface area contributed by atoms with Crippen molar-refractivity contribution in [3.63, 3.8) is 0 Å². The van der Waals surface area contributed by atoms with Gasteiger partial charge in [0.05, 0.1) is 15.9 Å². The third kappa shape index (κ3) is 3.32. The summed E-state index contributed by atoms with van der Waals surface area (Å²) in [6.45, 7) is 0. The summed E-state index contributed by atoms with van der Waals surface area (Å²) in [6.07, 6.45) is 2.36. The molecule has 3 rings (SSSR count). The number of aliphatic carboxylic acids is 1. The second-order valence-corrected chi connectivity index (χ2v) is 6.02. The summed E-state index contributed by atoms with van der Waals surface area (Å²) in [4.78, 5) is 15.4. The molecule has 0 fully saturated rings. The van der Waals surface area contributed by atoms with Gasteiger partial charge in [-0.3, -0.25) is 4.79 Å². The van der Waals surface area contributed by atoms with Gasteiger partial charge in [0.15, 0.2) is 0 Å². The fourth-order valence-electron chi connectivity index (χ4n) is 1.91. The van der Waals surface area contributed by atoms with Gasteiger partial charge in [0.2, 0.25) is 0 Å². The van der Waals surface area contributed by atoms with Gasteiger partial charge in [-0.2, -0.15) is 0 Å². The molecule has 0 spiro atoms. The third-order valence-electron chi connectivity index (χ3n) is 2.88. The van der Waals surface area contributed by atoms with Gasteiger partial charge in [0, 0.05) is 11.8 Å². The van der Waals surface area contributed by atoms with Gasteiger partial charge in [0.25, 0.3) is 0 Å². The Balaban J connectivity index is 1.99. The Morgan fingerprint density at radius 3 is 2.86 bits per heavy atom. The Hall–Kier alpha value is -2.12. The molecule has 21 heavy (non-hydrogen) atoms. The van der Waals surface area contributed by atoms with E-state index in [0.717, 1.165) is 26.5 Å². The molecule has 1 N–H and O–H groups in total. The van der Waals surface area contributed by atoms with Gasteiger partial charge in [-0.1, -0.05) is 16.6 Å². The zero-order chi connectivity index (χ0) is 14.7. The van der Waals surface area contributed by atoms with Crippen LogP contribution >= 0.6 is 22.9 Å². The van der Waals surface area contributed by atoms with Crippen LogP contribution in [0.5, 0.6) is 0 Å². The summed E-state index contributed by atoms with van der Waals surface area (Å²) in [5.74, 6) is -0.821. The standard InChI is InChI=1S/C14H11N3O2S2/c18-13(19)6-5-9(7-10-8-20-17-16-10)14-15-11-3-1-2-4-12(11)21-14/h1-4,7-8H,5-6H2,(H,18,19). The summed E-state index contributed by atoms with van der Waals surface area (Å²) in [7, 11) is 0. The van der Waals surface area contributed by atoms with Gasteiger partial charge in [0.1, 0.15) is 5.01 Å². The minimum absolute atomic E-state index is 0.0688. The van der Waals surface area contributed by atoms with Crippen LogP contribution in [0, 0.1) is 0 Å². The maximum Gasteiger partial charge on any atom is 0.303 e. The quantitative estimate of drug-likeness (QED) is 0.778. The lowest BCUT2D eigenvalue weighted by Crippen LogP contribution is -1.95. The number of aromatic nitrogens is 3. The Bertz CT molecular complexity index is 761. The number of allylic oxidation sites excluding steroid dienone is 1. The second-order valence-electron chi connectivity index (χ2n) is 4.38. The zero-order valence-electron chi connectivity index (χ0n) is 10.9. The van der Waals surface area contributed by atoms with Crippen molar-refractivity contribution in [3.05, 3.63) is 40.3 Å². The van der Waals surface area contributed by atoms with Crippen LogP contribution in [0.15, 0.2) is 29.6 Å². The Morgan fingerprint density at radius 1 is 1.29 bits per heavy atom. The van der Waals surface area contributed by atoms with Crippen molar-refractivity contribution in [3.8, 4) is 0 Å². The molecular formula is C14H11N3O2S2. The van der Waals surface area contributed by atoms with E-state index in [-0.39, 0.29) is 6.42 Å². The van der Waals surface area contributed by atoms with Crippen molar-refractivity contribution < 1.29 is 9.90 Å². The smallest absolute Gasteiger partial charge is 0.303 e. The third-order valence-corrected chi connectivity index (χ3v) is 4.51. The van der Waals surface area contributed by atoms with Crippen molar-refractivity contribution in [2.75, 3.05) is 0 Å². The highest BCUT2D eigenvalue weighted by molar-refractivity contribution is 7.19. The van der Waals surface area contributed by atoms with E-state index in [1.54, 1.807) is 11.3 Å². The number of thiazole rings is 1. The van der Waals surface area contributed by atoms with Crippen molar-refractivity contribution in [2.45, 2.75) is 12.8 Å². The van der Waals surface area contributed by atoms with E-state index < -0.39 is 5.97 Å². The minimum atomic E-state index is -0.821. The molecule has 0 saturated carbocycles. The Kier molecular flexibility index (Phi) is 4.03. The van der Waals surface area contributed by atoms with E-state index in [2.05, 4.69) is 14.6 Å². The van der Waals surface area contributed by atoms with Crippen LogP contribution in [0.1, 0.15) is 23.5 Å². The van der Waals surface area contributed by atoms with Crippen LogP contribution in [-0.2, 0) is 4.79 Å². The predicted octanol–water partition coefficient (Wildman–Crippen LogP) is 3.55. The highest BCUT2D eigenvalue weighted by Gasteiger charge is 2.11. The van der Waals surface area contributed by atoms with E-state index in [1.807, 2.05) is 35.7 Å². The van der Waals surface area contributed by atoms with Crippen LogP contribution in [0.25, 0.3) is 21.9 Å². The lowest BCUT2D eigenvalue weighted by atomic mass is 10.1. The molecule has 3 aromatic rings. The number of nitrogens with zero attached hydrogens (tertiary/aromatic N) is 3. The number of benzene rings is 1. The number of rotatable bonds is 5. The normalized spacial score (nSPS) is 11.9. The van der Waals surface area contributed by atoms with Gasteiger partial charge in [-0.25, -0.2) is 4.98 Å². The predicted molar refractivity (Wildman–Crippen MR) is 84.3 cm³/mol. The van der Waals surface area contributed by atoms with E-state index >= 15 is 0 Å². The summed E-state index contributed by atoms with van der Waals surface area (Å²) in [5, 5.41) is 15.6. The second kappa shape index (κ2) is 6.11. The van der Waals surface area contributed by atoms with Crippen LogP contribution in [0.2, 0.25) is 0 Å². The lowest BCUT2D eigenvalue weighted by molar-refractivity contribution is -0.136. The van der Waals surface area contributed by atoms with Crippen molar-refractivity contribution in [1.29, 1.82) is 0 Å². The SMILES string of the molecule is O=C(O)CCC(=Cc1csnn1)c1nc2ccccc2s1. The molecule has 0 aliphatic heterocycles. The van der Waals surface area contributed by atoms with Gasteiger partial charge >= 0.3 is 5.97 Å². The largest absolute Gasteiger partial charge is 0.481 e. The molecule has 7 heteroatoms. The highest BCUT2D eigenvalue weighted by Crippen LogP contribution is 2.30.